The van der Waals surface area contributed by atoms with Gasteiger partial charge in [-0.1, -0.05) is 18.2 Å². The zero-order chi connectivity index (χ0) is 21.7. The summed E-state index contributed by atoms with van der Waals surface area (Å²) in [6, 6.07) is 13.9. The summed E-state index contributed by atoms with van der Waals surface area (Å²) in [6.45, 7) is 0. The highest BCUT2D eigenvalue weighted by molar-refractivity contribution is 6.00. The lowest BCUT2D eigenvalue weighted by Gasteiger charge is -2.03. The summed E-state index contributed by atoms with van der Waals surface area (Å²) >= 11 is 0. The number of pyridine rings is 3. The van der Waals surface area contributed by atoms with Crippen LogP contribution in [0.3, 0.4) is 0 Å². The third-order valence-corrected chi connectivity index (χ3v) is 5.39. The second-order valence-electron chi connectivity index (χ2n) is 7.41. The molecule has 5 aromatic heterocycles. The SMILES string of the molecule is Oc1cncc(-c2ccc3[nH]nc(-c4cc5c(-c6ccccc6F)cncc5[nH]4)c3n2)c1. The maximum absolute atomic E-state index is 14.4. The van der Waals surface area contributed by atoms with E-state index in [9.17, 15) is 9.50 Å². The number of nitrogens with zero attached hydrogens (tertiary/aromatic N) is 4. The first-order valence-corrected chi connectivity index (χ1v) is 9.89. The van der Waals surface area contributed by atoms with Crippen molar-refractivity contribution >= 4 is 21.9 Å². The van der Waals surface area contributed by atoms with Crippen LogP contribution in [0.1, 0.15) is 0 Å². The van der Waals surface area contributed by atoms with Crippen LogP contribution in [0.25, 0.3) is 55.7 Å². The normalized spacial score (nSPS) is 11.4. The Morgan fingerprint density at radius 3 is 2.59 bits per heavy atom. The molecule has 1 aromatic carbocycles. The molecule has 0 aliphatic rings. The molecule has 6 aromatic rings. The molecule has 0 fully saturated rings. The Morgan fingerprint density at radius 1 is 0.844 bits per heavy atom. The van der Waals surface area contributed by atoms with Crippen molar-refractivity contribution in [2.75, 3.05) is 0 Å². The zero-order valence-electron chi connectivity index (χ0n) is 16.5. The van der Waals surface area contributed by atoms with Gasteiger partial charge in [0.15, 0.2) is 0 Å². The number of aromatic nitrogens is 6. The fraction of sp³-hybridized carbons (Fsp3) is 0. The molecule has 7 nitrogen and oxygen atoms in total. The molecule has 5 heterocycles. The average Bonchev–Trinajstić information content (AvgIpc) is 3.43. The first kappa shape index (κ1) is 18.2. The van der Waals surface area contributed by atoms with Crippen LogP contribution in [0.15, 0.2) is 73.3 Å². The number of benzene rings is 1. The molecule has 3 N–H and O–H groups in total. The van der Waals surface area contributed by atoms with Gasteiger partial charge in [-0.05, 0) is 30.3 Å². The number of hydrogen-bond acceptors (Lipinski definition) is 5. The molecule has 0 unspecified atom stereocenters. The number of nitrogens with one attached hydrogen (secondary N) is 2. The number of aromatic amines is 2. The van der Waals surface area contributed by atoms with Crippen LogP contribution in [0.2, 0.25) is 0 Å². The molecule has 0 saturated heterocycles. The largest absolute Gasteiger partial charge is 0.506 e. The minimum atomic E-state index is -0.305. The van der Waals surface area contributed by atoms with E-state index in [1.54, 1.807) is 42.9 Å². The summed E-state index contributed by atoms with van der Waals surface area (Å²) in [7, 11) is 0. The second-order valence-corrected chi connectivity index (χ2v) is 7.41. The van der Waals surface area contributed by atoms with Crippen LogP contribution >= 0.6 is 0 Å². The minimum absolute atomic E-state index is 0.0700. The third-order valence-electron chi connectivity index (χ3n) is 5.39. The van der Waals surface area contributed by atoms with Crippen molar-refractivity contribution in [1.82, 2.24) is 30.1 Å². The lowest BCUT2D eigenvalue weighted by molar-refractivity contribution is 0.473. The predicted octanol–water partition coefficient (Wildman–Crippen LogP) is 5.07. The van der Waals surface area contributed by atoms with Gasteiger partial charge in [-0.25, -0.2) is 9.37 Å². The number of aromatic hydroxyl groups is 1. The monoisotopic (exact) mass is 422 g/mol. The van der Waals surface area contributed by atoms with Gasteiger partial charge in [-0.3, -0.25) is 15.1 Å². The Kier molecular flexibility index (Phi) is 3.97. The summed E-state index contributed by atoms with van der Waals surface area (Å²) in [5.41, 5.74) is 6.10. The van der Waals surface area contributed by atoms with Gasteiger partial charge in [-0.2, -0.15) is 5.10 Å². The van der Waals surface area contributed by atoms with Crippen molar-refractivity contribution in [3.8, 4) is 39.5 Å². The Balaban J connectivity index is 1.52. The molecular formula is C24H15FN6O. The number of rotatable bonds is 3. The highest BCUT2D eigenvalue weighted by Gasteiger charge is 2.16. The zero-order valence-corrected chi connectivity index (χ0v) is 16.5. The standard InChI is InChI=1S/C24H15FN6O/c25-18-4-2-1-3-15(18)17-11-27-12-22-16(17)8-21(28-22)24-23-20(30-31-24)6-5-19(29-23)13-7-14(32)10-26-9-13/h1-12,28,32H,(H,30,31). The van der Waals surface area contributed by atoms with E-state index in [0.29, 0.717) is 33.6 Å². The van der Waals surface area contributed by atoms with Gasteiger partial charge in [0.05, 0.1) is 34.8 Å². The van der Waals surface area contributed by atoms with Gasteiger partial charge in [0.2, 0.25) is 0 Å². The number of hydrogen-bond donors (Lipinski definition) is 3. The fourth-order valence-corrected chi connectivity index (χ4v) is 3.89. The molecule has 0 aliphatic carbocycles. The van der Waals surface area contributed by atoms with Crippen LogP contribution in [-0.2, 0) is 0 Å². The Hall–Kier alpha value is -4.59. The molecule has 32 heavy (non-hydrogen) atoms. The fourth-order valence-electron chi connectivity index (χ4n) is 3.89. The minimum Gasteiger partial charge on any atom is -0.506 e. The van der Waals surface area contributed by atoms with E-state index in [4.69, 9.17) is 4.98 Å². The maximum atomic E-state index is 14.4. The van der Waals surface area contributed by atoms with Crippen LogP contribution in [0, 0.1) is 5.82 Å². The van der Waals surface area contributed by atoms with E-state index < -0.39 is 0 Å². The van der Waals surface area contributed by atoms with E-state index in [1.807, 2.05) is 18.2 Å². The molecule has 8 heteroatoms. The highest BCUT2D eigenvalue weighted by Crippen LogP contribution is 2.34. The predicted molar refractivity (Wildman–Crippen MR) is 119 cm³/mol. The second kappa shape index (κ2) is 6.98. The van der Waals surface area contributed by atoms with Gasteiger partial charge in [0.1, 0.15) is 22.8 Å². The van der Waals surface area contributed by atoms with E-state index in [2.05, 4.69) is 25.1 Å². The molecule has 0 atom stereocenters. The number of H-pyrrole nitrogens is 2. The summed E-state index contributed by atoms with van der Waals surface area (Å²) in [4.78, 5) is 16.4. The molecule has 0 amide bonds. The van der Waals surface area contributed by atoms with Crippen LogP contribution in [-0.4, -0.2) is 35.2 Å². The number of halogens is 1. The van der Waals surface area contributed by atoms with Crippen LogP contribution in [0.4, 0.5) is 4.39 Å². The van der Waals surface area contributed by atoms with Crippen molar-refractivity contribution in [3.63, 3.8) is 0 Å². The Morgan fingerprint density at radius 2 is 1.72 bits per heavy atom. The van der Waals surface area contributed by atoms with E-state index in [0.717, 1.165) is 22.1 Å². The van der Waals surface area contributed by atoms with Gasteiger partial charge >= 0.3 is 0 Å². The average molecular weight is 422 g/mol. The summed E-state index contributed by atoms with van der Waals surface area (Å²) in [5, 5.41) is 18.0. The lowest BCUT2D eigenvalue weighted by Crippen LogP contribution is -1.87. The van der Waals surface area contributed by atoms with Crippen molar-refractivity contribution in [2.45, 2.75) is 0 Å². The third kappa shape index (κ3) is 2.89. The number of fused-ring (bicyclic) bond motifs is 2. The van der Waals surface area contributed by atoms with Crippen molar-refractivity contribution in [1.29, 1.82) is 0 Å². The first-order chi connectivity index (χ1) is 15.7. The topological polar surface area (TPSA) is 103 Å². The van der Waals surface area contributed by atoms with Crippen molar-refractivity contribution in [3.05, 3.63) is 79.1 Å². The van der Waals surface area contributed by atoms with Gasteiger partial charge in [-0.15, -0.1) is 0 Å². The quantitative estimate of drug-likeness (QED) is 0.369. The molecular weight excluding hydrogens is 407 g/mol. The molecule has 154 valence electrons. The van der Waals surface area contributed by atoms with Gasteiger partial charge < -0.3 is 10.1 Å². The molecule has 0 spiro atoms. The van der Waals surface area contributed by atoms with E-state index in [1.165, 1.54) is 12.3 Å². The maximum Gasteiger partial charge on any atom is 0.135 e. The van der Waals surface area contributed by atoms with Crippen molar-refractivity contribution < 1.29 is 9.50 Å². The molecule has 0 radical (unpaired) electrons. The lowest BCUT2D eigenvalue weighted by atomic mass is 10.0. The van der Waals surface area contributed by atoms with E-state index in [-0.39, 0.29) is 11.6 Å². The highest BCUT2D eigenvalue weighted by atomic mass is 19.1. The van der Waals surface area contributed by atoms with Gasteiger partial charge in [0, 0.05) is 34.5 Å². The van der Waals surface area contributed by atoms with Gasteiger partial charge in [0.25, 0.3) is 0 Å². The van der Waals surface area contributed by atoms with Crippen molar-refractivity contribution in [2.24, 2.45) is 0 Å². The summed E-state index contributed by atoms with van der Waals surface area (Å²) < 4.78 is 14.4. The summed E-state index contributed by atoms with van der Waals surface area (Å²) in [5.74, 6) is -0.235. The first-order valence-electron chi connectivity index (χ1n) is 9.89. The van der Waals surface area contributed by atoms with Crippen LogP contribution < -0.4 is 0 Å². The Labute approximate surface area is 180 Å². The molecule has 6 rings (SSSR count). The summed E-state index contributed by atoms with van der Waals surface area (Å²) in [6.07, 6.45) is 6.38. The molecule has 0 aliphatic heterocycles. The molecule has 0 saturated carbocycles. The smallest absolute Gasteiger partial charge is 0.135 e. The van der Waals surface area contributed by atoms with Crippen LogP contribution in [0.5, 0.6) is 5.75 Å². The Bertz CT molecular complexity index is 1620. The molecule has 0 bridgehead atoms. The van der Waals surface area contributed by atoms with E-state index >= 15 is 0 Å².